The number of nitrogens with one attached hydrogen (secondary N) is 3. The number of amides is 3. The number of carbonyl (C=O) groups is 3. The van der Waals surface area contributed by atoms with Crippen molar-refractivity contribution < 1.29 is 19.1 Å². The van der Waals surface area contributed by atoms with Crippen LogP contribution in [0, 0.1) is 11.8 Å². The molecule has 0 bridgehead atoms. The third-order valence-electron chi connectivity index (χ3n) is 6.62. The predicted molar refractivity (Wildman–Crippen MR) is 116 cm³/mol. The first kappa shape index (κ1) is 21.6. The highest BCUT2D eigenvalue weighted by Gasteiger charge is 2.41. The Morgan fingerprint density at radius 3 is 2.61 bits per heavy atom. The summed E-state index contributed by atoms with van der Waals surface area (Å²) in [6, 6.07) is 7.06. The number of benzene rings is 1. The summed E-state index contributed by atoms with van der Waals surface area (Å²) in [5.74, 6) is 1.26. The van der Waals surface area contributed by atoms with Gasteiger partial charge in [-0.15, -0.1) is 0 Å². The van der Waals surface area contributed by atoms with E-state index in [2.05, 4.69) is 22.0 Å². The second-order valence-corrected chi connectivity index (χ2v) is 8.90. The molecule has 0 unspecified atom stereocenters. The first-order valence-electron chi connectivity index (χ1n) is 11.2. The molecule has 1 heterocycles. The number of rotatable bonds is 1. The summed E-state index contributed by atoms with van der Waals surface area (Å²) in [5.41, 5.74) is 1.17. The van der Waals surface area contributed by atoms with E-state index in [0.29, 0.717) is 37.5 Å². The molecular formula is C23H32N4O4. The summed E-state index contributed by atoms with van der Waals surface area (Å²) in [4.78, 5) is 39.2. The van der Waals surface area contributed by atoms with Crippen molar-refractivity contribution in [1.82, 2.24) is 20.9 Å². The van der Waals surface area contributed by atoms with E-state index in [0.717, 1.165) is 25.0 Å². The van der Waals surface area contributed by atoms with Crippen LogP contribution in [-0.2, 0) is 14.4 Å². The van der Waals surface area contributed by atoms with E-state index in [1.54, 1.807) is 14.0 Å². The summed E-state index contributed by atoms with van der Waals surface area (Å²) in [7, 11) is 1.64. The van der Waals surface area contributed by atoms with Gasteiger partial charge in [0.2, 0.25) is 17.7 Å². The number of fused-ring (bicyclic) bond motifs is 3. The topological polar surface area (TPSA) is 99.8 Å². The minimum atomic E-state index is -0.654. The van der Waals surface area contributed by atoms with Crippen molar-refractivity contribution in [2.45, 2.75) is 44.2 Å². The van der Waals surface area contributed by atoms with Crippen molar-refractivity contribution in [1.29, 1.82) is 0 Å². The minimum Gasteiger partial charge on any atom is -0.492 e. The zero-order valence-electron chi connectivity index (χ0n) is 18.2. The first-order valence-corrected chi connectivity index (χ1v) is 11.2. The molecule has 0 aromatic heterocycles. The molecule has 2 fully saturated rings. The number of carbonyl (C=O) groups excluding carboxylic acids is 3. The van der Waals surface area contributed by atoms with Crippen LogP contribution in [0.4, 0.5) is 0 Å². The number of hydrogen-bond donors (Lipinski definition) is 3. The quantitative estimate of drug-likeness (QED) is 0.609. The molecule has 3 aliphatic rings. The first-order chi connectivity index (χ1) is 15.0. The van der Waals surface area contributed by atoms with Gasteiger partial charge in [0.25, 0.3) is 0 Å². The summed E-state index contributed by atoms with van der Waals surface area (Å²) >= 11 is 0. The van der Waals surface area contributed by atoms with Crippen LogP contribution in [0.1, 0.15) is 37.7 Å². The normalized spacial score (nSPS) is 30.6. The maximum Gasteiger partial charge on any atom is 0.242 e. The van der Waals surface area contributed by atoms with Crippen molar-refractivity contribution in [2.75, 3.05) is 33.3 Å². The fourth-order valence-electron chi connectivity index (χ4n) is 4.24. The van der Waals surface area contributed by atoms with E-state index >= 15 is 0 Å². The molecule has 3 N–H and O–H groups in total. The molecule has 0 radical (unpaired) electrons. The highest BCUT2D eigenvalue weighted by molar-refractivity contribution is 5.91. The minimum absolute atomic E-state index is 0.0907. The average molecular weight is 429 g/mol. The maximum atomic E-state index is 13.1. The summed E-state index contributed by atoms with van der Waals surface area (Å²) in [5, 5.41) is 8.91. The van der Waals surface area contributed by atoms with Gasteiger partial charge in [0.1, 0.15) is 18.4 Å². The number of para-hydroxylation sites is 1. The summed E-state index contributed by atoms with van der Waals surface area (Å²) in [6.45, 7) is 3.18. The van der Waals surface area contributed by atoms with Gasteiger partial charge in [-0.25, -0.2) is 0 Å². The van der Waals surface area contributed by atoms with Crippen LogP contribution in [0.15, 0.2) is 24.3 Å². The molecule has 4 rings (SSSR count). The smallest absolute Gasteiger partial charge is 0.242 e. The third-order valence-corrected chi connectivity index (χ3v) is 6.62. The molecule has 1 aromatic rings. The molecule has 4 atom stereocenters. The average Bonchev–Trinajstić information content (AvgIpc) is 3.69. The Kier molecular flexibility index (Phi) is 6.46. The molecular weight excluding hydrogens is 396 g/mol. The lowest BCUT2D eigenvalue weighted by molar-refractivity contribution is -0.140. The Balaban J connectivity index is 1.48. The lowest BCUT2D eigenvalue weighted by atomic mass is 10.1. The molecule has 2 aliphatic carbocycles. The van der Waals surface area contributed by atoms with Crippen LogP contribution in [0.2, 0.25) is 0 Å². The number of likely N-dealkylation sites (N-methyl/N-ethyl adjacent to an activating group) is 1. The van der Waals surface area contributed by atoms with E-state index in [1.807, 2.05) is 18.2 Å². The summed E-state index contributed by atoms with van der Waals surface area (Å²) in [6.07, 6.45) is 3.01. The van der Waals surface area contributed by atoms with Crippen LogP contribution < -0.4 is 20.7 Å². The standard InChI is InChI=1S/C23H32N4O4/c1-14-22(29)26-13-20(28)25-12-16-11-18(16)17-5-3-4-6-19(17)31-10-9-24-21(15-7-8-15)23(30)27(14)2/h3-6,14-16,18,21,24H,7-13H2,1-2H3,(H,25,28)(H,26,29)/t14-,16-,18-,21+/m1/s1. The van der Waals surface area contributed by atoms with E-state index < -0.39 is 6.04 Å². The number of nitrogens with zero attached hydrogens (tertiary/aromatic N) is 1. The molecule has 1 aliphatic heterocycles. The number of ether oxygens (including phenoxy) is 1. The Labute approximate surface area is 183 Å². The molecule has 1 aromatic carbocycles. The Morgan fingerprint density at radius 1 is 1.06 bits per heavy atom. The van der Waals surface area contributed by atoms with Crippen LogP contribution in [-0.4, -0.2) is 68.0 Å². The molecule has 8 nitrogen and oxygen atoms in total. The maximum absolute atomic E-state index is 13.1. The van der Waals surface area contributed by atoms with Crippen LogP contribution in [0.5, 0.6) is 5.75 Å². The van der Waals surface area contributed by atoms with Gasteiger partial charge in [0, 0.05) is 20.1 Å². The van der Waals surface area contributed by atoms with E-state index in [1.165, 1.54) is 10.5 Å². The van der Waals surface area contributed by atoms with Gasteiger partial charge in [-0.05, 0) is 55.6 Å². The van der Waals surface area contributed by atoms with Crippen molar-refractivity contribution in [3.63, 3.8) is 0 Å². The van der Waals surface area contributed by atoms with Gasteiger partial charge in [0.15, 0.2) is 0 Å². The highest BCUT2D eigenvalue weighted by atomic mass is 16.5. The Bertz CT molecular complexity index is 841. The van der Waals surface area contributed by atoms with E-state index in [4.69, 9.17) is 4.74 Å². The van der Waals surface area contributed by atoms with E-state index in [-0.39, 0.29) is 30.3 Å². The van der Waals surface area contributed by atoms with Crippen LogP contribution in [0.3, 0.4) is 0 Å². The molecule has 2 saturated carbocycles. The Hall–Kier alpha value is -2.61. The lowest BCUT2D eigenvalue weighted by Gasteiger charge is -2.29. The van der Waals surface area contributed by atoms with Gasteiger partial charge >= 0.3 is 0 Å². The molecule has 0 spiro atoms. The second-order valence-electron chi connectivity index (χ2n) is 8.90. The van der Waals surface area contributed by atoms with Crippen LogP contribution >= 0.6 is 0 Å². The van der Waals surface area contributed by atoms with Gasteiger partial charge < -0.3 is 25.6 Å². The second kappa shape index (κ2) is 9.26. The monoisotopic (exact) mass is 428 g/mol. The molecule has 168 valence electrons. The predicted octanol–water partition coefficient (Wildman–Crippen LogP) is 0.630. The molecule has 31 heavy (non-hydrogen) atoms. The van der Waals surface area contributed by atoms with Gasteiger partial charge in [-0.2, -0.15) is 0 Å². The van der Waals surface area contributed by atoms with Crippen molar-refractivity contribution in [3.05, 3.63) is 29.8 Å². The van der Waals surface area contributed by atoms with Gasteiger partial charge in [-0.3, -0.25) is 14.4 Å². The van der Waals surface area contributed by atoms with Crippen LogP contribution in [0.25, 0.3) is 0 Å². The van der Waals surface area contributed by atoms with Gasteiger partial charge in [-0.1, -0.05) is 18.2 Å². The third kappa shape index (κ3) is 5.18. The highest BCUT2D eigenvalue weighted by Crippen LogP contribution is 2.49. The van der Waals surface area contributed by atoms with Crippen molar-refractivity contribution >= 4 is 17.7 Å². The molecule has 8 heteroatoms. The zero-order chi connectivity index (χ0) is 22.0. The number of hydrogen-bond acceptors (Lipinski definition) is 5. The lowest BCUT2D eigenvalue weighted by Crippen LogP contribution is -2.54. The van der Waals surface area contributed by atoms with Crippen molar-refractivity contribution in [3.8, 4) is 5.75 Å². The van der Waals surface area contributed by atoms with Gasteiger partial charge in [0.05, 0.1) is 12.6 Å². The fraction of sp³-hybridized carbons (Fsp3) is 0.609. The zero-order valence-corrected chi connectivity index (χ0v) is 18.2. The SMILES string of the molecule is C[C@@H]1C(=O)NCC(=O)NC[C@H]2C[C@H]2c2ccccc2OCCN[C@@H](C2CC2)C(=O)N1C. The van der Waals surface area contributed by atoms with E-state index in [9.17, 15) is 14.4 Å². The largest absolute Gasteiger partial charge is 0.492 e. The molecule has 0 saturated heterocycles. The fourth-order valence-corrected chi connectivity index (χ4v) is 4.24. The van der Waals surface area contributed by atoms with Crippen molar-refractivity contribution in [2.24, 2.45) is 11.8 Å². The Morgan fingerprint density at radius 2 is 1.84 bits per heavy atom. The summed E-state index contributed by atoms with van der Waals surface area (Å²) < 4.78 is 6.06. The molecule has 3 amide bonds.